The predicted octanol–water partition coefficient (Wildman–Crippen LogP) is 18.7. The number of hydrogen-bond acceptors (Lipinski definition) is 4. The first-order valence-electron chi connectivity index (χ1n) is 23.2. The molecule has 0 spiro atoms. The minimum absolute atomic E-state index is 0.845. The van der Waals surface area contributed by atoms with Gasteiger partial charge in [0.1, 0.15) is 22.3 Å². The van der Waals surface area contributed by atoms with E-state index in [0.29, 0.717) is 0 Å². The number of benzene rings is 12. The zero-order valence-electron chi connectivity index (χ0n) is 36.8. The number of hydrogen-bond donors (Lipinski definition) is 0. The molecule has 0 bridgehead atoms. The molecule has 14 aromatic rings. The van der Waals surface area contributed by atoms with Crippen LogP contribution in [0.25, 0.3) is 98.4 Å². The summed E-state index contributed by atoms with van der Waals surface area (Å²) in [7, 11) is 0. The first kappa shape index (κ1) is 38.2. The molecular weight excluding hydrogens is 829 g/mol. The van der Waals surface area contributed by atoms with Gasteiger partial charge in [0, 0.05) is 89.1 Å². The van der Waals surface area contributed by atoms with Crippen LogP contribution in [0.2, 0.25) is 0 Å². The van der Waals surface area contributed by atoms with Gasteiger partial charge in [0.25, 0.3) is 0 Å². The highest BCUT2D eigenvalue weighted by Crippen LogP contribution is 2.48. The summed E-state index contributed by atoms with van der Waals surface area (Å²) in [5, 5.41) is 11.3. The molecule has 2 heterocycles. The zero-order chi connectivity index (χ0) is 44.7. The lowest BCUT2D eigenvalue weighted by atomic mass is 9.91. The highest BCUT2D eigenvalue weighted by molar-refractivity contribution is 6.34. The molecule has 0 atom stereocenters. The molecule has 0 amide bonds. The highest BCUT2D eigenvalue weighted by Gasteiger charge is 2.24. The van der Waals surface area contributed by atoms with Crippen molar-refractivity contribution in [3.05, 3.63) is 243 Å². The van der Waals surface area contributed by atoms with E-state index in [1.807, 2.05) is 0 Å². The van der Waals surface area contributed by atoms with Crippen LogP contribution in [0.4, 0.5) is 34.1 Å². The maximum atomic E-state index is 7.01. The second kappa shape index (κ2) is 15.2. The van der Waals surface area contributed by atoms with Crippen LogP contribution >= 0.6 is 0 Å². The third-order valence-electron chi connectivity index (χ3n) is 13.7. The third kappa shape index (κ3) is 5.94. The molecule has 68 heavy (non-hydrogen) atoms. The molecule has 0 saturated heterocycles. The summed E-state index contributed by atoms with van der Waals surface area (Å²) in [6.07, 6.45) is 0. The van der Waals surface area contributed by atoms with Crippen molar-refractivity contribution < 1.29 is 8.83 Å². The van der Waals surface area contributed by atoms with Gasteiger partial charge in [0.2, 0.25) is 0 Å². The lowest BCUT2D eigenvalue weighted by Gasteiger charge is -2.27. The van der Waals surface area contributed by atoms with E-state index in [4.69, 9.17) is 8.83 Å². The van der Waals surface area contributed by atoms with Gasteiger partial charge in [-0.2, -0.15) is 0 Å². The van der Waals surface area contributed by atoms with E-state index < -0.39 is 0 Å². The molecule has 14 rings (SSSR count). The van der Waals surface area contributed by atoms with Gasteiger partial charge in [-0.15, -0.1) is 0 Å². The van der Waals surface area contributed by atoms with Gasteiger partial charge < -0.3 is 18.6 Å². The molecule has 4 nitrogen and oxygen atoms in total. The number of rotatable bonds is 8. The Morgan fingerprint density at radius 2 is 0.632 bits per heavy atom. The van der Waals surface area contributed by atoms with E-state index in [2.05, 4.69) is 252 Å². The van der Waals surface area contributed by atoms with Crippen molar-refractivity contribution in [2.45, 2.75) is 0 Å². The average Bonchev–Trinajstić information content (AvgIpc) is 3.97. The van der Waals surface area contributed by atoms with Crippen LogP contribution in [0.5, 0.6) is 0 Å². The van der Waals surface area contributed by atoms with Gasteiger partial charge in [-0.05, 0) is 107 Å². The van der Waals surface area contributed by atoms with E-state index >= 15 is 0 Å². The minimum atomic E-state index is 0.845. The fraction of sp³-hybridized carbons (Fsp3) is 0. The van der Waals surface area contributed by atoms with E-state index in [1.165, 1.54) is 21.5 Å². The van der Waals surface area contributed by atoms with Crippen LogP contribution in [0, 0.1) is 0 Å². The Labute approximate surface area is 392 Å². The molecule has 0 N–H and O–H groups in total. The van der Waals surface area contributed by atoms with Crippen LogP contribution in [0.3, 0.4) is 0 Å². The van der Waals surface area contributed by atoms with Crippen LogP contribution < -0.4 is 9.80 Å². The van der Waals surface area contributed by atoms with Crippen LogP contribution in [-0.2, 0) is 0 Å². The molecule has 0 fully saturated rings. The van der Waals surface area contributed by atoms with Crippen molar-refractivity contribution in [3.63, 3.8) is 0 Å². The van der Waals surface area contributed by atoms with Crippen molar-refractivity contribution >= 4 is 110 Å². The van der Waals surface area contributed by atoms with E-state index in [-0.39, 0.29) is 0 Å². The summed E-state index contributed by atoms with van der Waals surface area (Å²) in [4.78, 5) is 4.67. The molecule has 0 aliphatic rings. The third-order valence-corrected chi connectivity index (χ3v) is 13.7. The lowest BCUT2D eigenvalue weighted by molar-refractivity contribution is 0.672. The SMILES string of the molecule is c1ccc(-c2ccccc2N(c2ccccc2)c2ccc3c(c2)oc2c3cc3ccc4c5oc6cc(N(c7ccccc7)c7ccccc7-c7ccccc7)ccc6c5cc5ccc2c3c54)cc1. The Hall–Kier alpha value is -9.12. The molecule has 318 valence electrons. The van der Waals surface area contributed by atoms with Crippen LogP contribution in [-0.4, -0.2) is 0 Å². The summed E-state index contributed by atoms with van der Waals surface area (Å²) in [6, 6.07) is 86.5. The Kier molecular flexibility index (Phi) is 8.55. The van der Waals surface area contributed by atoms with Crippen molar-refractivity contribution in [3.8, 4) is 22.3 Å². The zero-order valence-corrected chi connectivity index (χ0v) is 36.8. The summed E-state index contributed by atoms with van der Waals surface area (Å²) in [5.41, 5.74) is 14.5. The molecule has 0 aliphatic heterocycles. The Morgan fingerprint density at radius 1 is 0.265 bits per heavy atom. The maximum Gasteiger partial charge on any atom is 0.143 e. The summed E-state index contributed by atoms with van der Waals surface area (Å²) < 4.78 is 14.0. The fourth-order valence-corrected chi connectivity index (χ4v) is 10.7. The molecule has 0 radical (unpaired) electrons. The van der Waals surface area contributed by atoms with Crippen molar-refractivity contribution in [1.29, 1.82) is 0 Å². The molecule has 0 aliphatic carbocycles. The summed E-state index contributed by atoms with van der Waals surface area (Å²) in [5.74, 6) is 0. The second-order valence-corrected chi connectivity index (χ2v) is 17.6. The minimum Gasteiger partial charge on any atom is -0.455 e. The van der Waals surface area contributed by atoms with Gasteiger partial charge >= 0.3 is 0 Å². The van der Waals surface area contributed by atoms with Crippen molar-refractivity contribution in [2.24, 2.45) is 0 Å². The van der Waals surface area contributed by atoms with Crippen molar-refractivity contribution in [1.82, 2.24) is 0 Å². The smallest absolute Gasteiger partial charge is 0.143 e. The Balaban J connectivity index is 0.922. The molecule has 2 aromatic heterocycles. The number of fused-ring (bicyclic) bond motifs is 8. The largest absolute Gasteiger partial charge is 0.455 e. The normalized spacial score (nSPS) is 11.8. The number of para-hydroxylation sites is 4. The lowest BCUT2D eigenvalue weighted by Crippen LogP contribution is -2.11. The molecule has 0 unspecified atom stereocenters. The highest BCUT2D eigenvalue weighted by atomic mass is 16.3. The molecular formula is C64H40N2O2. The first-order chi connectivity index (χ1) is 33.7. The quantitative estimate of drug-likeness (QED) is 0.142. The predicted molar refractivity (Wildman–Crippen MR) is 285 cm³/mol. The Morgan fingerprint density at radius 3 is 1.06 bits per heavy atom. The molecule has 4 heteroatoms. The van der Waals surface area contributed by atoms with Gasteiger partial charge in [0.05, 0.1) is 11.4 Å². The molecule has 12 aromatic carbocycles. The van der Waals surface area contributed by atoms with Crippen LogP contribution in [0.1, 0.15) is 0 Å². The monoisotopic (exact) mass is 868 g/mol. The van der Waals surface area contributed by atoms with E-state index in [0.717, 1.165) is 111 Å². The second-order valence-electron chi connectivity index (χ2n) is 17.6. The van der Waals surface area contributed by atoms with Crippen molar-refractivity contribution in [2.75, 3.05) is 9.80 Å². The topological polar surface area (TPSA) is 32.8 Å². The Bertz CT molecular complexity index is 3920. The van der Waals surface area contributed by atoms with Gasteiger partial charge in [-0.1, -0.05) is 146 Å². The average molecular weight is 869 g/mol. The van der Waals surface area contributed by atoms with Gasteiger partial charge in [-0.25, -0.2) is 0 Å². The summed E-state index contributed by atoms with van der Waals surface area (Å²) in [6.45, 7) is 0. The van der Waals surface area contributed by atoms with E-state index in [9.17, 15) is 0 Å². The standard InChI is InChI=1S/C64H40N2O2/c1-5-17-41(18-6-1)49-25-13-15-27-57(49)65(45-21-9-3-10-22-45)47-31-35-51-55-37-43-30-34-54-62-44(29-33-53(61(43)62)63(55)67-59(51)39-47)38-56-52-36-32-48(40-60(52)68-64(54)56)66(46-23-11-4-12-24-46)58-28-16-14-26-50(58)42-19-7-2-8-20-42/h1-40H. The number of anilines is 6. The van der Waals surface area contributed by atoms with E-state index in [1.54, 1.807) is 0 Å². The number of furan rings is 2. The maximum absolute atomic E-state index is 7.01. The van der Waals surface area contributed by atoms with Gasteiger partial charge in [-0.3, -0.25) is 0 Å². The number of nitrogens with zero attached hydrogens (tertiary/aromatic N) is 2. The van der Waals surface area contributed by atoms with Crippen LogP contribution in [0.15, 0.2) is 251 Å². The first-order valence-corrected chi connectivity index (χ1v) is 23.2. The van der Waals surface area contributed by atoms with Gasteiger partial charge in [0.15, 0.2) is 0 Å². The summed E-state index contributed by atoms with van der Waals surface area (Å²) >= 11 is 0. The fourth-order valence-electron chi connectivity index (χ4n) is 10.7. The molecule has 0 saturated carbocycles.